The highest BCUT2D eigenvalue weighted by molar-refractivity contribution is 6.18. The van der Waals surface area contributed by atoms with E-state index in [-0.39, 0.29) is 22.8 Å². The van der Waals surface area contributed by atoms with Crippen molar-refractivity contribution in [3.63, 3.8) is 0 Å². The Morgan fingerprint density at radius 1 is 1.31 bits per heavy atom. The van der Waals surface area contributed by atoms with Gasteiger partial charge in [-0.2, -0.15) is 0 Å². The molecule has 1 aliphatic carbocycles. The lowest BCUT2D eigenvalue weighted by molar-refractivity contribution is 0.0599. The number of hydrogen-bond acceptors (Lipinski definition) is 6. The normalized spacial score (nSPS) is 15.3. The summed E-state index contributed by atoms with van der Waals surface area (Å²) in [5.41, 5.74) is 1.70. The summed E-state index contributed by atoms with van der Waals surface area (Å²) in [6, 6.07) is 8.05. The molecule has 1 atom stereocenters. The molecule has 3 rings (SSSR count). The van der Waals surface area contributed by atoms with Crippen molar-refractivity contribution in [2.24, 2.45) is 5.92 Å². The Morgan fingerprint density at radius 3 is 2.77 bits per heavy atom. The number of ketones is 2. The van der Waals surface area contributed by atoms with Crippen LogP contribution in [-0.2, 0) is 11.2 Å². The maximum Gasteiger partial charge on any atom is 0.339 e. The van der Waals surface area contributed by atoms with Crippen LogP contribution in [0.5, 0.6) is 5.75 Å². The minimum atomic E-state index is -0.809. The molecule has 0 spiro atoms. The van der Waals surface area contributed by atoms with Gasteiger partial charge in [0.25, 0.3) is 0 Å². The molecule has 6 heteroatoms. The number of methoxy groups -OCH3 is 1. The number of nitrogens with zero attached hydrogens (tertiary/aromatic N) is 1. The zero-order valence-electron chi connectivity index (χ0n) is 14.2. The number of rotatable bonds is 6. The summed E-state index contributed by atoms with van der Waals surface area (Å²) >= 11 is 0. The van der Waals surface area contributed by atoms with Crippen LogP contribution < -0.4 is 4.74 Å². The second kappa shape index (κ2) is 7.31. The van der Waals surface area contributed by atoms with Crippen LogP contribution in [0.3, 0.4) is 0 Å². The summed E-state index contributed by atoms with van der Waals surface area (Å²) in [6.07, 6.45) is 3.21. The first-order valence-electron chi connectivity index (χ1n) is 8.04. The fraction of sp³-hybridized carbons (Fsp3) is 0.200. The van der Waals surface area contributed by atoms with Gasteiger partial charge in [-0.15, -0.1) is 0 Å². The van der Waals surface area contributed by atoms with Crippen molar-refractivity contribution in [2.45, 2.75) is 6.42 Å². The Kier molecular flexibility index (Phi) is 4.93. The first-order chi connectivity index (χ1) is 12.5. The van der Waals surface area contributed by atoms with Gasteiger partial charge in [-0.1, -0.05) is 12.7 Å². The largest absolute Gasteiger partial charge is 0.490 e. The molecule has 0 bridgehead atoms. The first-order valence-corrected chi connectivity index (χ1v) is 8.04. The molecule has 0 radical (unpaired) electrons. The van der Waals surface area contributed by atoms with Crippen LogP contribution in [0.15, 0.2) is 49.2 Å². The van der Waals surface area contributed by atoms with Gasteiger partial charge in [-0.3, -0.25) is 14.6 Å². The molecule has 0 saturated carbocycles. The van der Waals surface area contributed by atoms with Crippen molar-refractivity contribution in [3.05, 3.63) is 71.6 Å². The standard InChI is InChI=1S/C20H17NO5/c1-3-8-26-14-5-6-15-13(9-14)10-16(18(15)22)19(23)17-7-4-12(11-21-17)20(24)25-2/h3-7,9,11,16H,1,8,10H2,2H3. The second-order valence-corrected chi connectivity index (χ2v) is 5.83. The molecule has 0 fully saturated rings. The van der Waals surface area contributed by atoms with Gasteiger partial charge in [0.2, 0.25) is 0 Å². The van der Waals surface area contributed by atoms with E-state index in [2.05, 4.69) is 16.3 Å². The summed E-state index contributed by atoms with van der Waals surface area (Å²) in [6.45, 7) is 3.96. The van der Waals surface area contributed by atoms with E-state index in [1.165, 1.54) is 25.4 Å². The van der Waals surface area contributed by atoms with Gasteiger partial charge in [0, 0.05) is 11.8 Å². The van der Waals surface area contributed by atoms with Gasteiger partial charge in [-0.05, 0) is 42.3 Å². The number of Topliss-reactive ketones (excluding diaryl/α,β-unsaturated/α-hetero) is 2. The summed E-state index contributed by atoms with van der Waals surface area (Å²) in [5, 5.41) is 0. The zero-order valence-corrected chi connectivity index (χ0v) is 14.2. The van der Waals surface area contributed by atoms with Crippen LogP contribution in [0.1, 0.15) is 36.8 Å². The van der Waals surface area contributed by atoms with Gasteiger partial charge in [0.15, 0.2) is 11.6 Å². The van der Waals surface area contributed by atoms with E-state index in [1.54, 1.807) is 24.3 Å². The van der Waals surface area contributed by atoms with Crippen LogP contribution in [0, 0.1) is 5.92 Å². The molecule has 6 nitrogen and oxygen atoms in total. The molecule has 1 aliphatic rings. The number of carbonyl (C=O) groups is 3. The molecular weight excluding hydrogens is 334 g/mol. The first kappa shape index (κ1) is 17.5. The SMILES string of the molecule is C=CCOc1ccc2c(c1)CC(C(=O)c1ccc(C(=O)OC)cn1)C2=O. The Bertz CT molecular complexity index is 886. The van der Waals surface area contributed by atoms with Crippen LogP contribution in [0.2, 0.25) is 0 Å². The fourth-order valence-electron chi connectivity index (χ4n) is 2.89. The molecule has 0 aliphatic heterocycles. The van der Waals surface area contributed by atoms with Crippen molar-refractivity contribution >= 4 is 17.5 Å². The van der Waals surface area contributed by atoms with Crippen molar-refractivity contribution in [1.82, 2.24) is 4.98 Å². The van der Waals surface area contributed by atoms with E-state index in [0.717, 1.165) is 5.56 Å². The smallest absolute Gasteiger partial charge is 0.339 e. The van der Waals surface area contributed by atoms with Crippen molar-refractivity contribution in [1.29, 1.82) is 0 Å². The Balaban J connectivity index is 1.79. The number of aromatic nitrogens is 1. The van der Waals surface area contributed by atoms with Gasteiger partial charge < -0.3 is 9.47 Å². The third-order valence-electron chi connectivity index (χ3n) is 4.20. The summed E-state index contributed by atoms with van der Waals surface area (Å²) in [5.74, 6) is -1.30. The van der Waals surface area contributed by atoms with E-state index >= 15 is 0 Å². The average Bonchev–Trinajstić information content (AvgIpc) is 3.01. The number of ether oxygens (including phenoxy) is 2. The Hall–Kier alpha value is -3.28. The number of pyridine rings is 1. The van der Waals surface area contributed by atoms with Crippen molar-refractivity contribution in [3.8, 4) is 5.75 Å². The number of esters is 1. The topological polar surface area (TPSA) is 82.6 Å². The van der Waals surface area contributed by atoms with Gasteiger partial charge >= 0.3 is 5.97 Å². The summed E-state index contributed by atoms with van der Waals surface area (Å²) in [7, 11) is 1.27. The molecule has 0 N–H and O–H groups in total. The lowest BCUT2D eigenvalue weighted by atomic mass is 9.97. The third-order valence-corrected chi connectivity index (χ3v) is 4.20. The lowest BCUT2D eigenvalue weighted by Crippen LogP contribution is -2.22. The summed E-state index contributed by atoms with van der Waals surface area (Å²) < 4.78 is 10.1. The number of fused-ring (bicyclic) bond motifs is 1. The van der Waals surface area contributed by atoms with E-state index in [9.17, 15) is 14.4 Å². The van der Waals surface area contributed by atoms with Crippen LogP contribution in [-0.4, -0.2) is 36.2 Å². The molecule has 1 unspecified atom stereocenters. The quantitative estimate of drug-likeness (QED) is 0.344. The molecule has 1 heterocycles. The maximum absolute atomic E-state index is 12.7. The minimum Gasteiger partial charge on any atom is -0.490 e. The second-order valence-electron chi connectivity index (χ2n) is 5.83. The predicted octanol–water partition coefficient (Wildman–Crippen LogP) is 2.67. The van der Waals surface area contributed by atoms with E-state index in [4.69, 9.17) is 4.74 Å². The van der Waals surface area contributed by atoms with Crippen LogP contribution >= 0.6 is 0 Å². The fourth-order valence-corrected chi connectivity index (χ4v) is 2.89. The highest BCUT2D eigenvalue weighted by Crippen LogP contribution is 2.31. The highest BCUT2D eigenvalue weighted by atomic mass is 16.5. The van der Waals surface area contributed by atoms with E-state index < -0.39 is 11.9 Å². The van der Waals surface area contributed by atoms with Gasteiger partial charge in [-0.25, -0.2) is 4.79 Å². The summed E-state index contributed by atoms with van der Waals surface area (Å²) in [4.78, 5) is 40.7. The van der Waals surface area contributed by atoms with Crippen molar-refractivity contribution in [2.75, 3.05) is 13.7 Å². The Morgan fingerprint density at radius 2 is 2.12 bits per heavy atom. The minimum absolute atomic E-state index is 0.145. The Labute approximate surface area is 150 Å². The number of benzene rings is 1. The number of hydrogen-bond donors (Lipinski definition) is 0. The third kappa shape index (κ3) is 3.26. The molecule has 1 aromatic carbocycles. The molecule has 132 valence electrons. The van der Waals surface area contributed by atoms with Crippen molar-refractivity contribution < 1.29 is 23.9 Å². The maximum atomic E-state index is 12.7. The monoisotopic (exact) mass is 351 g/mol. The predicted molar refractivity (Wildman–Crippen MR) is 93.6 cm³/mol. The molecule has 26 heavy (non-hydrogen) atoms. The van der Waals surface area contributed by atoms with Gasteiger partial charge in [0.1, 0.15) is 18.1 Å². The highest BCUT2D eigenvalue weighted by Gasteiger charge is 2.37. The average molecular weight is 351 g/mol. The molecular formula is C20H17NO5. The van der Waals surface area contributed by atoms with Crippen LogP contribution in [0.4, 0.5) is 0 Å². The van der Waals surface area contributed by atoms with E-state index in [1.807, 2.05) is 0 Å². The molecule has 2 aromatic rings. The van der Waals surface area contributed by atoms with Gasteiger partial charge in [0.05, 0.1) is 18.6 Å². The molecule has 0 amide bonds. The molecule has 1 aromatic heterocycles. The lowest BCUT2D eigenvalue weighted by Gasteiger charge is -2.06. The van der Waals surface area contributed by atoms with E-state index in [0.29, 0.717) is 24.3 Å². The molecule has 0 saturated heterocycles. The number of carbonyl (C=O) groups excluding carboxylic acids is 3. The zero-order chi connectivity index (χ0) is 18.7. The van der Waals surface area contributed by atoms with Crippen LogP contribution in [0.25, 0.3) is 0 Å².